The van der Waals surface area contributed by atoms with E-state index in [1.807, 2.05) is 48.5 Å². The first-order valence-electron chi connectivity index (χ1n) is 8.66. The minimum absolute atomic E-state index is 0. The van der Waals surface area contributed by atoms with Gasteiger partial charge in [0, 0.05) is 29.4 Å². The van der Waals surface area contributed by atoms with Gasteiger partial charge in [-0.2, -0.15) is 0 Å². The van der Waals surface area contributed by atoms with E-state index in [0.29, 0.717) is 11.3 Å². The summed E-state index contributed by atoms with van der Waals surface area (Å²) in [7, 11) is 0. The molecule has 0 atom stereocenters. The van der Waals surface area contributed by atoms with Crippen LogP contribution in [-0.4, -0.2) is 15.0 Å². The van der Waals surface area contributed by atoms with Gasteiger partial charge in [-0.1, -0.05) is 42.1 Å². The summed E-state index contributed by atoms with van der Waals surface area (Å²) >= 11 is 0. The van der Waals surface area contributed by atoms with Crippen LogP contribution < -0.4 is 24.0 Å². The van der Waals surface area contributed by atoms with Gasteiger partial charge >= 0.3 is 18.9 Å². The van der Waals surface area contributed by atoms with E-state index in [9.17, 15) is 5.11 Å². The molecule has 0 saturated carbocycles. The van der Waals surface area contributed by atoms with Crippen LogP contribution in [0.4, 0.5) is 0 Å². The Balaban J connectivity index is 0.00000192. The third-order valence-electron chi connectivity index (χ3n) is 4.71. The smallest absolute Gasteiger partial charge is 0.872 e. The molecule has 4 nitrogen and oxygen atoms in total. The van der Waals surface area contributed by atoms with Crippen molar-refractivity contribution in [2.24, 2.45) is 0 Å². The second-order valence-corrected chi connectivity index (χ2v) is 6.32. The van der Waals surface area contributed by atoms with Crippen molar-refractivity contribution in [3.05, 3.63) is 85.3 Å². The molecule has 0 spiro atoms. The van der Waals surface area contributed by atoms with Crippen molar-refractivity contribution in [1.29, 1.82) is 0 Å². The normalized spacial score (nSPS) is 10.7. The molecule has 28 heavy (non-hydrogen) atoms. The summed E-state index contributed by atoms with van der Waals surface area (Å²) in [6.45, 7) is 0. The van der Waals surface area contributed by atoms with Gasteiger partial charge in [0.1, 0.15) is 0 Å². The van der Waals surface area contributed by atoms with Gasteiger partial charge in [-0.25, -0.2) is 0 Å². The molecule has 128 valence electrons. The zero-order valence-corrected chi connectivity index (χ0v) is 15.3. The third-order valence-corrected chi connectivity index (χ3v) is 4.71. The van der Waals surface area contributed by atoms with E-state index in [-0.39, 0.29) is 24.6 Å². The fourth-order valence-corrected chi connectivity index (χ4v) is 3.43. The molecule has 5 aromatic rings. The van der Waals surface area contributed by atoms with E-state index in [2.05, 4.69) is 27.1 Å². The largest absolute Gasteiger partial charge is 1.00 e. The van der Waals surface area contributed by atoms with Crippen molar-refractivity contribution in [1.82, 2.24) is 15.0 Å². The van der Waals surface area contributed by atoms with Crippen molar-refractivity contribution in [2.75, 3.05) is 0 Å². The molecule has 0 amide bonds. The van der Waals surface area contributed by atoms with E-state index in [1.165, 1.54) is 0 Å². The summed E-state index contributed by atoms with van der Waals surface area (Å²) in [5.41, 5.74) is 4.98. The molecule has 0 aliphatic heterocycles. The topological polar surface area (TPSA) is 61.7 Å². The number of nitrogens with zero attached hydrogens (tertiary/aromatic N) is 3. The molecule has 0 bridgehead atoms. The number of hydrogen-bond acceptors (Lipinski definition) is 4. The first kappa shape index (κ1) is 18.2. The second kappa shape index (κ2) is 7.44. The van der Waals surface area contributed by atoms with Crippen LogP contribution in [0.1, 0.15) is 0 Å². The zero-order valence-electron chi connectivity index (χ0n) is 15.3. The molecule has 5 rings (SSSR count). The van der Waals surface area contributed by atoms with Gasteiger partial charge in [0.15, 0.2) is 0 Å². The molecule has 0 N–H and O–H groups in total. The van der Waals surface area contributed by atoms with Crippen LogP contribution in [-0.2, 0) is 0 Å². The monoisotopic (exact) mass is 355 g/mol. The number of rotatable bonds is 2. The van der Waals surface area contributed by atoms with Gasteiger partial charge in [0.05, 0.1) is 16.7 Å². The molecular weight excluding hydrogens is 341 g/mol. The molecule has 3 heterocycles. The zero-order chi connectivity index (χ0) is 18.2. The van der Waals surface area contributed by atoms with E-state index in [0.717, 1.165) is 32.9 Å². The Morgan fingerprint density at radius 2 is 1.50 bits per heavy atom. The Labute approximate surface area is 174 Å². The summed E-state index contributed by atoms with van der Waals surface area (Å²) in [5, 5.41) is 14.4. The average Bonchev–Trinajstić information content (AvgIpc) is 2.74. The van der Waals surface area contributed by atoms with Gasteiger partial charge in [0.25, 0.3) is 0 Å². The maximum Gasteiger partial charge on any atom is 1.00 e. The van der Waals surface area contributed by atoms with Gasteiger partial charge < -0.3 is 5.11 Å². The maximum atomic E-state index is 12.4. The van der Waals surface area contributed by atoms with Crippen LogP contribution in [0.2, 0.25) is 0 Å². The van der Waals surface area contributed by atoms with Crippen LogP contribution >= 0.6 is 0 Å². The molecule has 0 saturated heterocycles. The van der Waals surface area contributed by atoms with Gasteiger partial charge in [-0.15, -0.1) is 0 Å². The van der Waals surface area contributed by atoms with Crippen LogP contribution in [0.3, 0.4) is 0 Å². The molecule has 0 unspecified atom stereocenters. The first-order valence-corrected chi connectivity index (χ1v) is 8.66. The molecule has 0 fully saturated rings. The fraction of sp³-hybridized carbons (Fsp3) is 0. The summed E-state index contributed by atoms with van der Waals surface area (Å²) in [6, 6.07) is 21.0. The van der Waals surface area contributed by atoms with E-state index in [1.54, 1.807) is 24.7 Å². The van der Waals surface area contributed by atoms with E-state index < -0.39 is 0 Å². The molecular formula is C23H14LiN3O. The molecule has 0 aliphatic carbocycles. The molecule has 2 aromatic carbocycles. The summed E-state index contributed by atoms with van der Waals surface area (Å²) in [5.74, 6) is -0.0390. The second-order valence-electron chi connectivity index (χ2n) is 6.32. The fourth-order valence-electron chi connectivity index (χ4n) is 3.43. The number of hydrogen-bond donors (Lipinski definition) is 0. The predicted octanol–water partition coefficient (Wildman–Crippen LogP) is 1.59. The Morgan fingerprint density at radius 1 is 0.643 bits per heavy atom. The first-order chi connectivity index (χ1) is 13.3. The van der Waals surface area contributed by atoms with Crippen molar-refractivity contribution < 1.29 is 24.0 Å². The van der Waals surface area contributed by atoms with Crippen molar-refractivity contribution in [2.45, 2.75) is 0 Å². The molecule has 0 radical (unpaired) electrons. The standard InChI is InChI=1S/C23H15N3O.Li/c27-21-9-7-16(14-19(21)20-5-1-2-11-24-20)17-10-13-26-23-18(17)8-6-15-4-3-12-25-22(15)23;/h1-14,27H;/q;+1/p-1. The Hall–Kier alpha value is -3.19. The van der Waals surface area contributed by atoms with Crippen LogP contribution in [0.25, 0.3) is 44.2 Å². The van der Waals surface area contributed by atoms with E-state index >= 15 is 0 Å². The average molecular weight is 355 g/mol. The van der Waals surface area contributed by atoms with Gasteiger partial charge in [0.2, 0.25) is 0 Å². The molecule has 3 aromatic heterocycles. The summed E-state index contributed by atoms with van der Waals surface area (Å²) < 4.78 is 0. The summed E-state index contributed by atoms with van der Waals surface area (Å²) in [4.78, 5) is 13.4. The minimum atomic E-state index is -0.0390. The Morgan fingerprint density at radius 3 is 2.36 bits per heavy atom. The number of benzene rings is 2. The Kier molecular flexibility index (Phi) is 4.83. The number of fused-ring (bicyclic) bond motifs is 3. The van der Waals surface area contributed by atoms with Crippen molar-refractivity contribution >= 4 is 21.8 Å². The Bertz CT molecular complexity index is 1290. The van der Waals surface area contributed by atoms with Crippen molar-refractivity contribution in [3.8, 4) is 28.1 Å². The summed E-state index contributed by atoms with van der Waals surface area (Å²) in [6.07, 6.45) is 5.26. The molecule has 0 aliphatic rings. The predicted molar refractivity (Wildman–Crippen MR) is 105 cm³/mol. The van der Waals surface area contributed by atoms with Gasteiger partial charge in [-0.3, -0.25) is 15.0 Å². The molecule has 5 heteroatoms. The third kappa shape index (κ3) is 3.03. The van der Waals surface area contributed by atoms with E-state index in [4.69, 9.17) is 0 Å². The SMILES string of the molecule is [Li+].[O-]c1ccc(-c2ccnc3c2ccc2cccnc23)cc1-c1ccccn1. The quantitative estimate of drug-likeness (QED) is 0.356. The van der Waals surface area contributed by atoms with Crippen LogP contribution in [0, 0.1) is 0 Å². The minimum Gasteiger partial charge on any atom is -0.872 e. The van der Waals surface area contributed by atoms with Crippen molar-refractivity contribution in [3.63, 3.8) is 0 Å². The number of pyridine rings is 3. The van der Waals surface area contributed by atoms with Crippen LogP contribution in [0.15, 0.2) is 85.3 Å². The number of aromatic nitrogens is 3. The maximum absolute atomic E-state index is 12.4. The van der Waals surface area contributed by atoms with Crippen LogP contribution in [0.5, 0.6) is 5.75 Å². The van der Waals surface area contributed by atoms with Gasteiger partial charge in [-0.05, 0) is 47.0 Å².